The van der Waals surface area contributed by atoms with Gasteiger partial charge in [-0.25, -0.2) is 9.50 Å². The maximum absolute atomic E-state index is 12.6. The zero-order chi connectivity index (χ0) is 17.3. The van der Waals surface area contributed by atoms with Gasteiger partial charge < -0.3 is 10.2 Å². The zero-order valence-corrected chi connectivity index (χ0v) is 15.1. The van der Waals surface area contributed by atoms with Crippen LogP contribution in [0.15, 0.2) is 29.1 Å². The van der Waals surface area contributed by atoms with Gasteiger partial charge in [0.05, 0.1) is 12.2 Å². The molecule has 6 nitrogen and oxygen atoms in total. The van der Waals surface area contributed by atoms with Crippen molar-refractivity contribution in [3.8, 4) is 0 Å². The van der Waals surface area contributed by atoms with Crippen LogP contribution >= 0.6 is 11.3 Å². The Morgan fingerprint density at radius 3 is 2.88 bits per heavy atom. The minimum Gasteiger partial charge on any atom is -0.350 e. The summed E-state index contributed by atoms with van der Waals surface area (Å²) in [4.78, 5) is 19.2. The van der Waals surface area contributed by atoms with Gasteiger partial charge in [-0.15, -0.1) is 0 Å². The first-order valence-electron chi connectivity index (χ1n) is 7.76. The van der Waals surface area contributed by atoms with Gasteiger partial charge in [0, 0.05) is 17.9 Å². The van der Waals surface area contributed by atoms with Crippen molar-refractivity contribution in [2.45, 2.75) is 19.9 Å². The number of hydrogen-bond acceptors (Lipinski definition) is 5. The molecule has 3 heterocycles. The standard InChI is InChI=1S/C17H21N5OS/c1-11-7-12(2)22-16(20-11)14(8-19-22)17(23)18-9-15(21(3)4)13-5-6-24-10-13/h5-8,10,15H,9H2,1-4H3,(H,18,23)/t15-/m0/s1. The number of likely N-dealkylation sites (N-methyl/N-ethyl adjacent to an activating group) is 1. The van der Waals surface area contributed by atoms with E-state index in [9.17, 15) is 4.79 Å². The number of rotatable bonds is 5. The third kappa shape index (κ3) is 3.18. The van der Waals surface area contributed by atoms with E-state index >= 15 is 0 Å². The molecule has 0 bridgehead atoms. The van der Waals surface area contributed by atoms with Crippen LogP contribution in [0.4, 0.5) is 0 Å². The summed E-state index contributed by atoms with van der Waals surface area (Å²) in [6.07, 6.45) is 1.58. The lowest BCUT2D eigenvalue weighted by atomic mass is 10.1. The first-order valence-corrected chi connectivity index (χ1v) is 8.70. The van der Waals surface area contributed by atoms with Gasteiger partial charge in [0.25, 0.3) is 5.91 Å². The summed E-state index contributed by atoms with van der Waals surface area (Å²) >= 11 is 1.66. The van der Waals surface area contributed by atoms with E-state index in [0.717, 1.165) is 11.4 Å². The van der Waals surface area contributed by atoms with E-state index in [1.807, 2.05) is 39.4 Å². The number of carbonyl (C=O) groups excluding carboxylic acids is 1. The van der Waals surface area contributed by atoms with Gasteiger partial charge in [0.2, 0.25) is 0 Å². The van der Waals surface area contributed by atoms with Crippen molar-refractivity contribution >= 4 is 22.9 Å². The Bertz CT molecular complexity index is 853. The van der Waals surface area contributed by atoms with Crippen molar-refractivity contribution in [1.82, 2.24) is 24.8 Å². The summed E-state index contributed by atoms with van der Waals surface area (Å²) in [5.74, 6) is -0.149. The van der Waals surface area contributed by atoms with Gasteiger partial charge in [-0.1, -0.05) is 0 Å². The smallest absolute Gasteiger partial charge is 0.256 e. The Kier molecular flexibility index (Phi) is 4.64. The summed E-state index contributed by atoms with van der Waals surface area (Å²) < 4.78 is 1.70. The minimum absolute atomic E-state index is 0.137. The lowest BCUT2D eigenvalue weighted by Crippen LogP contribution is -2.34. The van der Waals surface area contributed by atoms with Crippen molar-refractivity contribution in [3.63, 3.8) is 0 Å². The second-order valence-corrected chi connectivity index (χ2v) is 6.86. The van der Waals surface area contributed by atoms with Crippen molar-refractivity contribution in [2.24, 2.45) is 0 Å². The summed E-state index contributed by atoms with van der Waals surface area (Å²) in [6.45, 7) is 4.40. The molecule has 0 aliphatic carbocycles. The van der Waals surface area contributed by atoms with Crippen LogP contribution in [0, 0.1) is 13.8 Å². The van der Waals surface area contributed by atoms with Gasteiger partial charge in [-0.3, -0.25) is 4.79 Å². The quantitative estimate of drug-likeness (QED) is 0.773. The highest BCUT2D eigenvalue weighted by molar-refractivity contribution is 7.07. The number of amides is 1. The minimum atomic E-state index is -0.149. The van der Waals surface area contributed by atoms with Gasteiger partial charge in [-0.2, -0.15) is 16.4 Å². The molecule has 1 N–H and O–H groups in total. The van der Waals surface area contributed by atoms with E-state index < -0.39 is 0 Å². The predicted octanol–water partition coefficient (Wildman–Crippen LogP) is 2.44. The lowest BCUT2D eigenvalue weighted by Gasteiger charge is -2.23. The molecule has 1 amide bonds. The average Bonchev–Trinajstić information content (AvgIpc) is 3.16. The number of aryl methyl sites for hydroxylation is 2. The van der Waals surface area contributed by atoms with E-state index in [1.165, 1.54) is 5.56 Å². The predicted molar refractivity (Wildman–Crippen MR) is 95.5 cm³/mol. The molecule has 3 aromatic heterocycles. The molecule has 0 aliphatic rings. The Morgan fingerprint density at radius 1 is 1.42 bits per heavy atom. The zero-order valence-electron chi connectivity index (χ0n) is 14.3. The molecule has 3 rings (SSSR count). The summed E-state index contributed by atoms with van der Waals surface area (Å²) in [5.41, 5.74) is 4.14. The molecule has 24 heavy (non-hydrogen) atoms. The van der Waals surface area contributed by atoms with Crippen molar-refractivity contribution in [3.05, 3.63) is 51.6 Å². The lowest BCUT2D eigenvalue weighted by molar-refractivity contribution is 0.0943. The first kappa shape index (κ1) is 16.6. The summed E-state index contributed by atoms with van der Waals surface area (Å²) in [5, 5.41) is 11.5. The second-order valence-electron chi connectivity index (χ2n) is 6.08. The van der Waals surface area contributed by atoms with Gasteiger partial charge in [-0.05, 0) is 56.4 Å². The van der Waals surface area contributed by atoms with E-state index in [0.29, 0.717) is 17.8 Å². The highest BCUT2D eigenvalue weighted by Gasteiger charge is 2.19. The maximum Gasteiger partial charge on any atom is 0.256 e. The van der Waals surface area contributed by atoms with E-state index in [2.05, 4.69) is 31.7 Å². The van der Waals surface area contributed by atoms with Crippen LogP contribution < -0.4 is 5.32 Å². The number of aromatic nitrogens is 3. The molecular formula is C17H21N5OS. The third-order valence-corrected chi connectivity index (χ3v) is 4.73. The number of nitrogens with one attached hydrogen (secondary N) is 1. The molecule has 7 heteroatoms. The third-order valence-electron chi connectivity index (χ3n) is 4.03. The number of thiophene rings is 1. The normalized spacial score (nSPS) is 12.7. The topological polar surface area (TPSA) is 62.5 Å². The van der Waals surface area contributed by atoms with Crippen LogP contribution in [0.2, 0.25) is 0 Å². The number of carbonyl (C=O) groups is 1. The molecule has 0 radical (unpaired) electrons. The molecule has 0 unspecified atom stereocenters. The fourth-order valence-electron chi connectivity index (χ4n) is 2.78. The van der Waals surface area contributed by atoms with Crippen LogP contribution in [0.1, 0.15) is 33.4 Å². The average molecular weight is 343 g/mol. The number of hydrogen-bond donors (Lipinski definition) is 1. The van der Waals surface area contributed by atoms with Crippen molar-refractivity contribution in [2.75, 3.05) is 20.6 Å². The van der Waals surface area contributed by atoms with Crippen LogP contribution in [-0.2, 0) is 0 Å². The fraction of sp³-hybridized carbons (Fsp3) is 0.353. The van der Waals surface area contributed by atoms with Crippen LogP contribution in [0.25, 0.3) is 5.65 Å². The molecular weight excluding hydrogens is 322 g/mol. The van der Waals surface area contributed by atoms with E-state index in [4.69, 9.17) is 0 Å². The second kappa shape index (κ2) is 6.70. The van der Waals surface area contributed by atoms with Crippen LogP contribution in [0.3, 0.4) is 0 Å². The monoisotopic (exact) mass is 343 g/mol. The molecule has 0 saturated carbocycles. The highest BCUT2D eigenvalue weighted by atomic mass is 32.1. The molecule has 0 aliphatic heterocycles. The maximum atomic E-state index is 12.6. The largest absolute Gasteiger partial charge is 0.350 e. The summed E-state index contributed by atoms with van der Waals surface area (Å²) in [6, 6.07) is 4.17. The molecule has 3 aromatic rings. The molecule has 1 atom stereocenters. The van der Waals surface area contributed by atoms with E-state index in [-0.39, 0.29) is 11.9 Å². The molecule has 0 fully saturated rings. The van der Waals surface area contributed by atoms with Gasteiger partial charge in [0.15, 0.2) is 5.65 Å². The summed E-state index contributed by atoms with van der Waals surface area (Å²) in [7, 11) is 4.02. The van der Waals surface area contributed by atoms with Crippen LogP contribution in [0.5, 0.6) is 0 Å². The molecule has 0 aromatic carbocycles. The molecule has 0 saturated heterocycles. The Labute approximate surface area is 145 Å². The van der Waals surface area contributed by atoms with Gasteiger partial charge >= 0.3 is 0 Å². The Hall–Kier alpha value is -2.25. The number of nitrogens with zero attached hydrogens (tertiary/aromatic N) is 4. The van der Waals surface area contributed by atoms with Gasteiger partial charge in [0.1, 0.15) is 5.56 Å². The fourth-order valence-corrected chi connectivity index (χ4v) is 3.49. The molecule has 0 spiro atoms. The number of fused-ring (bicyclic) bond motifs is 1. The first-order chi connectivity index (χ1) is 11.5. The Balaban J connectivity index is 1.80. The Morgan fingerprint density at radius 2 is 2.21 bits per heavy atom. The van der Waals surface area contributed by atoms with E-state index in [1.54, 1.807) is 22.0 Å². The highest BCUT2D eigenvalue weighted by Crippen LogP contribution is 2.20. The van der Waals surface area contributed by atoms with Crippen molar-refractivity contribution < 1.29 is 4.79 Å². The SMILES string of the molecule is Cc1cc(C)n2ncc(C(=O)NC[C@@H](c3ccsc3)N(C)C)c2n1. The van der Waals surface area contributed by atoms with Crippen LogP contribution in [-0.4, -0.2) is 46.0 Å². The van der Waals surface area contributed by atoms with Crippen molar-refractivity contribution in [1.29, 1.82) is 0 Å². The molecule has 126 valence electrons.